The SMILES string of the molecule is NC(=O)[C@H](Nc1cccc(Oc2ccccn2)c1)c1ccccc1. The summed E-state index contributed by atoms with van der Waals surface area (Å²) in [5.41, 5.74) is 7.07. The summed E-state index contributed by atoms with van der Waals surface area (Å²) in [5, 5.41) is 3.15. The number of carbonyl (C=O) groups is 1. The Hall–Kier alpha value is -3.34. The van der Waals surface area contributed by atoms with Gasteiger partial charge in [0.2, 0.25) is 11.8 Å². The van der Waals surface area contributed by atoms with Gasteiger partial charge in [-0.3, -0.25) is 4.79 Å². The van der Waals surface area contributed by atoms with Crippen LogP contribution < -0.4 is 15.8 Å². The Balaban J connectivity index is 1.79. The molecule has 0 radical (unpaired) electrons. The number of nitrogens with two attached hydrogens (primary N) is 1. The summed E-state index contributed by atoms with van der Waals surface area (Å²) in [5.74, 6) is 0.677. The first-order valence-electron chi connectivity index (χ1n) is 7.52. The van der Waals surface area contributed by atoms with Crippen molar-refractivity contribution >= 4 is 11.6 Å². The molecule has 0 aliphatic carbocycles. The maximum atomic E-state index is 11.8. The first-order valence-corrected chi connectivity index (χ1v) is 7.52. The maximum Gasteiger partial charge on any atom is 0.244 e. The van der Waals surface area contributed by atoms with Gasteiger partial charge in [-0.15, -0.1) is 0 Å². The molecule has 3 N–H and O–H groups in total. The molecule has 1 atom stereocenters. The van der Waals surface area contributed by atoms with Crippen LogP contribution in [-0.2, 0) is 4.79 Å². The molecule has 0 spiro atoms. The van der Waals surface area contributed by atoms with Gasteiger partial charge in [0, 0.05) is 24.0 Å². The fourth-order valence-corrected chi connectivity index (χ4v) is 2.31. The third kappa shape index (κ3) is 3.89. The van der Waals surface area contributed by atoms with Gasteiger partial charge in [-0.2, -0.15) is 0 Å². The van der Waals surface area contributed by atoms with E-state index in [1.165, 1.54) is 0 Å². The summed E-state index contributed by atoms with van der Waals surface area (Å²) in [6, 6.07) is 21.5. The van der Waals surface area contributed by atoms with Crippen LogP contribution in [-0.4, -0.2) is 10.9 Å². The largest absolute Gasteiger partial charge is 0.439 e. The lowest BCUT2D eigenvalue weighted by atomic mass is 10.1. The van der Waals surface area contributed by atoms with E-state index in [9.17, 15) is 4.79 Å². The topological polar surface area (TPSA) is 77.2 Å². The Kier molecular flexibility index (Phi) is 4.72. The molecule has 1 amide bonds. The predicted molar refractivity (Wildman–Crippen MR) is 92.8 cm³/mol. The molecule has 5 nitrogen and oxygen atoms in total. The number of ether oxygens (including phenoxy) is 1. The van der Waals surface area contributed by atoms with Crippen LogP contribution >= 0.6 is 0 Å². The first kappa shape index (κ1) is 15.6. The second-order valence-electron chi connectivity index (χ2n) is 5.19. The predicted octanol–water partition coefficient (Wildman–Crippen LogP) is 3.51. The second-order valence-corrected chi connectivity index (χ2v) is 5.19. The lowest BCUT2D eigenvalue weighted by Gasteiger charge is -2.17. The van der Waals surface area contributed by atoms with Gasteiger partial charge in [-0.1, -0.05) is 42.5 Å². The van der Waals surface area contributed by atoms with Crippen molar-refractivity contribution in [2.75, 3.05) is 5.32 Å². The smallest absolute Gasteiger partial charge is 0.244 e. The van der Waals surface area contributed by atoms with E-state index in [-0.39, 0.29) is 0 Å². The molecule has 0 aliphatic rings. The Morgan fingerprint density at radius 2 is 1.79 bits per heavy atom. The van der Waals surface area contributed by atoms with E-state index >= 15 is 0 Å². The molecule has 1 heterocycles. The molecular weight excluding hydrogens is 302 g/mol. The van der Waals surface area contributed by atoms with Gasteiger partial charge >= 0.3 is 0 Å². The van der Waals surface area contributed by atoms with E-state index in [2.05, 4.69) is 10.3 Å². The number of rotatable bonds is 6. The Labute approximate surface area is 140 Å². The number of nitrogens with one attached hydrogen (secondary N) is 1. The van der Waals surface area contributed by atoms with Crippen LogP contribution in [0.4, 0.5) is 5.69 Å². The van der Waals surface area contributed by atoms with Gasteiger partial charge in [-0.05, 0) is 23.8 Å². The fourth-order valence-electron chi connectivity index (χ4n) is 2.31. The quantitative estimate of drug-likeness (QED) is 0.729. The van der Waals surface area contributed by atoms with Crippen molar-refractivity contribution in [3.63, 3.8) is 0 Å². The zero-order valence-corrected chi connectivity index (χ0v) is 12.9. The average molecular weight is 319 g/mol. The number of anilines is 1. The minimum absolute atomic E-state index is 0.447. The molecule has 3 rings (SSSR count). The lowest BCUT2D eigenvalue weighted by molar-refractivity contribution is -0.118. The molecule has 0 saturated heterocycles. The Morgan fingerprint density at radius 1 is 1.00 bits per heavy atom. The van der Waals surface area contributed by atoms with Crippen molar-refractivity contribution in [3.05, 3.63) is 84.6 Å². The Bertz CT molecular complexity index is 807. The molecule has 2 aromatic carbocycles. The van der Waals surface area contributed by atoms with Gasteiger partial charge in [0.15, 0.2) is 0 Å². The number of benzene rings is 2. The summed E-state index contributed by atoms with van der Waals surface area (Å²) in [6.07, 6.45) is 1.66. The van der Waals surface area contributed by atoms with E-state index < -0.39 is 11.9 Å². The van der Waals surface area contributed by atoms with Gasteiger partial charge < -0.3 is 15.8 Å². The minimum Gasteiger partial charge on any atom is -0.439 e. The normalized spacial score (nSPS) is 11.5. The van der Waals surface area contributed by atoms with Gasteiger partial charge in [0.25, 0.3) is 0 Å². The number of carbonyl (C=O) groups excluding carboxylic acids is 1. The molecule has 1 aromatic heterocycles. The zero-order chi connectivity index (χ0) is 16.8. The number of pyridine rings is 1. The molecular formula is C19H17N3O2. The number of hydrogen-bond donors (Lipinski definition) is 2. The van der Waals surface area contributed by atoms with Crippen molar-refractivity contribution in [3.8, 4) is 11.6 Å². The highest BCUT2D eigenvalue weighted by Crippen LogP contribution is 2.25. The van der Waals surface area contributed by atoms with E-state index in [4.69, 9.17) is 10.5 Å². The summed E-state index contributed by atoms with van der Waals surface area (Å²) >= 11 is 0. The van der Waals surface area contributed by atoms with Crippen LogP contribution in [0.5, 0.6) is 11.6 Å². The van der Waals surface area contributed by atoms with Crippen molar-refractivity contribution in [2.24, 2.45) is 5.73 Å². The van der Waals surface area contributed by atoms with E-state index in [1.54, 1.807) is 18.3 Å². The fraction of sp³-hybridized carbons (Fsp3) is 0.0526. The van der Waals surface area contributed by atoms with Gasteiger partial charge in [-0.25, -0.2) is 4.98 Å². The summed E-state index contributed by atoms with van der Waals surface area (Å²) in [7, 11) is 0. The summed E-state index contributed by atoms with van der Waals surface area (Å²) in [4.78, 5) is 15.9. The summed E-state index contributed by atoms with van der Waals surface area (Å²) < 4.78 is 5.70. The van der Waals surface area contributed by atoms with E-state index in [0.29, 0.717) is 11.6 Å². The van der Waals surface area contributed by atoms with Gasteiger partial charge in [0.05, 0.1) is 0 Å². The Morgan fingerprint density at radius 3 is 2.50 bits per heavy atom. The van der Waals surface area contributed by atoms with Crippen molar-refractivity contribution in [1.29, 1.82) is 0 Å². The van der Waals surface area contributed by atoms with Crippen LogP contribution in [0.15, 0.2) is 79.0 Å². The van der Waals surface area contributed by atoms with Gasteiger partial charge in [0.1, 0.15) is 11.8 Å². The van der Waals surface area contributed by atoms with Crippen LogP contribution in [0, 0.1) is 0 Å². The monoisotopic (exact) mass is 319 g/mol. The molecule has 0 bridgehead atoms. The third-order valence-corrected chi connectivity index (χ3v) is 3.42. The van der Waals surface area contributed by atoms with Crippen molar-refractivity contribution in [1.82, 2.24) is 4.98 Å². The highest BCUT2D eigenvalue weighted by Gasteiger charge is 2.17. The van der Waals surface area contributed by atoms with E-state index in [1.807, 2.05) is 60.7 Å². The molecule has 0 unspecified atom stereocenters. The molecule has 0 saturated carbocycles. The lowest BCUT2D eigenvalue weighted by Crippen LogP contribution is -2.27. The third-order valence-electron chi connectivity index (χ3n) is 3.42. The second kappa shape index (κ2) is 7.28. The van der Waals surface area contributed by atoms with Crippen LogP contribution in [0.25, 0.3) is 0 Å². The highest BCUT2D eigenvalue weighted by molar-refractivity contribution is 5.84. The number of hydrogen-bond acceptors (Lipinski definition) is 4. The standard InChI is InChI=1S/C19H17N3O2/c20-19(23)18(14-7-2-1-3-8-14)22-15-9-6-10-16(13-15)24-17-11-4-5-12-21-17/h1-13,18,22H,(H2,20,23)/t18-/m1/s1. The zero-order valence-electron chi connectivity index (χ0n) is 12.9. The number of amides is 1. The number of aromatic nitrogens is 1. The number of primary amides is 1. The van der Waals surface area contributed by atoms with Crippen molar-refractivity contribution in [2.45, 2.75) is 6.04 Å². The summed E-state index contributed by atoms with van der Waals surface area (Å²) in [6.45, 7) is 0. The first-order chi connectivity index (χ1) is 11.7. The van der Waals surface area contributed by atoms with Crippen molar-refractivity contribution < 1.29 is 9.53 Å². The van der Waals surface area contributed by atoms with Crippen LogP contribution in [0.3, 0.4) is 0 Å². The molecule has 0 fully saturated rings. The number of nitrogens with zero attached hydrogens (tertiary/aromatic N) is 1. The molecule has 3 aromatic rings. The highest BCUT2D eigenvalue weighted by atomic mass is 16.5. The molecule has 0 aliphatic heterocycles. The minimum atomic E-state index is -0.615. The van der Waals surface area contributed by atoms with Crippen LogP contribution in [0.2, 0.25) is 0 Å². The molecule has 5 heteroatoms. The average Bonchev–Trinajstić information content (AvgIpc) is 2.61. The maximum absolute atomic E-state index is 11.8. The van der Waals surface area contributed by atoms with Crippen LogP contribution in [0.1, 0.15) is 11.6 Å². The van der Waals surface area contributed by atoms with E-state index in [0.717, 1.165) is 11.3 Å². The molecule has 120 valence electrons. The molecule has 24 heavy (non-hydrogen) atoms.